The molecule has 0 aliphatic heterocycles. The predicted molar refractivity (Wildman–Crippen MR) is 112 cm³/mol. The predicted octanol–water partition coefficient (Wildman–Crippen LogP) is 3.65. The van der Waals surface area contributed by atoms with Gasteiger partial charge in [0.2, 0.25) is 0 Å². The van der Waals surface area contributed by atoms with Crippen molar-refractivity contribution in [2.45, 2.75) is 59.8 Å². The van der Waals surface area contributed by atoms with Crippen LogP contribution in [-0.2, 0) is 19.1 Å². The monoisotopic (exact) mass is 414 g/mol. The van der Waals surface area contributed by atoms with Gasteiger partial charge in [-0.15, -0.1) is 0 Å². The van der Waals surface area contributed by atoms with Crippen molar-refractivity contribution in [3.63, 3.8) is 0 Å². The van der Waals surface area contributed by atoms with Crippen LogP contribution in [0, 0.1) is 40.4 Å². The van der Waals surface area contributed by atoms with E-state index in [0.29, 0.717) is 24.2 Å². The lowest BCUT2D eigenvalue weighted by Gasteiger charge is -2.55. The SMILES string of the molecule is CC(=O)OCC(=O)[C@H]1[C@@H](CO)C[C@H]2[C@@H]3C[C@H](C)C4=CC(=O)CC[C@]4(C)C3=CC[C@@]21C. The highest BCUT2D eigenvalue weighted by atomic mass is 16.5. The number of carbonyl (C=O) groups is 3. The average molecular weight is 415 g/mol. The summed E-state index contributed by atoms with van der Waals surface area (Å²) in [4.78, 5) is 36.4. The Morgan fingerprint density at radius 2 is 1.97 bits per heavy atom. The van der Waals surface area contributed by atoms with E-state index in [1.165, 1.54) is 18.1 Å². The molecule has 2 saturated carbocycles. The maximum atomic E-state index is 13.1. The van der Waals surface area contributed by atoms with Crippen molar-refractivity contribution in [1.29, 1.82) is 0 Å². The number of rotatable bonds is 4. The van der Waals surface area contributed by atoms with E-state index in [-0.39, 0.29) is 47.4 Å². The summed E-state index contributed by atoms with van der Waals surface area (Å²) in [7, 11) is 0. The number of aliphatic hydroxyl groups excluding tert-OH is 1. The van der Waals surface area contributed by atoms with E-state index in [0.717, 1.165) is 25.7 Å². The fraction of sp³-hybridized carbons (Fsp3) is 0.720. The zero-order valence-electron chi connectivity index (χ0n) is 18.6. The molecule has 2 fully saturated rings. The number of ketones is 2. The van der Waals surface area contributed by atoms with E-state index in [2.05, 4.69) is 26.8 Å². The van der Waals surface area contributed by atoms with Crippen LogP contribution in [0.5, 0.6) is 0 Å². The Kier molecular flexibility index (Phi) is 5.32. The molecule has 5 heteroatoms. The van der Waals surface area contributed by atoms with Gasteiger partial charge >= 0.3 is 5.97 Å². The number of Topliss-reactive ketones (excluding diaryl/α,β-unsaturated/α-hetero) is 1. The summed E-state index contributed by atoms with van der Waals surface area (Å²) in [6.45, 7) is 7.81. The van der Waals surface area contributed by atoms with Gasteiger partial charge in [-0.25, -0.2) is 0 Å². The van der Waals surface area contributed by atoms with Crippen LogP contribution in [0.15, 0.2) is 23.3 Å². The smallest absolute Gasteiger partial charge is 0.303 e. The molecule has 0 aromatic heterocycles. The summed E-state index contributed by atoms with van der Waals surface area (Å²) in [5.41, 5.74) is 2.43. The number of carbonyl (C=O) groups excluding carboxylic acids is 3. The normalized spacial score (nSPS) is 42.4. The molecule has 0 spiro atoms. The highest BCUT2D eigenvalue weighted by molar-refractivity contribution is 5.92. The van der Waals surface area contributed by atoms with E-state index >= 15 is 0 Å². The van der Waals surface area contributed by atoms with Crippen molar-refractivity contribution in [2.75, 3.05) is 13.2 Å². The Morgan fingerprint density at radius 1 is 1.23 bits per heavy atom. The number of ether oxygens (including phenoxy) is 1. The van der Waals surface area contributed by atoms with Crippen LogP contribution in [0.25, 0.3) is 0 Å². The Hall–Kier alpha value is -1.75. The molecule has 4 aliphatic carbocycles. The van der Waals surface area contributed by atoms with Gasteiger partial charge in [-0.2, -0.15) is 0 Å². The summed E-state index contributed by atoms with van der Waals surface area (Å²) >= 11 is 0. The van der Waals surface area contributed by atoms with Crippen LogP contribution in [-0.4, -0.2) is 35.9 Å². The van der Waals surface area contributed by atoms with Gasteiger partial charge in [-0.05, 0) is 60.8 Å². The van der Waals surface area contributed by atoms with Gasteiger partial charge in [0.1, 0.15) is 6.61 Å². The Bertz CT molecular complexity index is 838. The molecule has 0 saturated heterocycles. The number of fused-ring (bicyclic) bond motifs is 5. The molecular weight excluding hydrogens is 380 g/mol. The van der Waals surface area contributed by atoms with Gasteiger partial charge in [-0.3, -0.25) is 14.4 Å². The Labute approximate surface area is 178 Å². The summed E-state index contributed by atoms with van der Waals surface area (Å²) in [6, 6.07) is 0. The van der Waals surface area contributed by atoms with Crippen molar-refractivity contribution in [1.82, 2.24) is 0 Å². The molecular formula is C25H34O5. The molecule has 0 radical (unpaired) electrons. The second kappa shape index (κ2) is 7.44. The lowest BCUT2D eigenvalue weighted by Crippen LogP contribution is -2.48. The van der Waals surface area contributed by atoms with E-state index in [1.54, 1.807) is 0 Å². The fourth-order valence-corrected chi connectivity index (χ4v) is 7.53. The standard InChI is InChI=1S/C25H34O5/c1-14-9-18-19(24(3)7-5-17(28)11-20(14)24)6-8-25(4)21(18)10-16(12-26)23(25)22(29)13-30-15(2)27/h6,11,14,16,18,21,23,26H,5,7-10,12-13H2,1-4H3/t14-,16+,18+,21-,23+,24+,25-/m0/s1. The largest absolute Gasteiger partial charge is 0.458 e. The zero-order chi connectivity index (χ0) is 21.8. The first kappa shape index (κ1) is 21.5. The molecule has 0 aromatic carbocycles. The lowest BCUT2D eigenvalue weighted by molar-refractivity contribution is -0.149. The molecule has 0 bridgehead atoms. The van der Waals surface area contributed by atoms with E-state index < -0.39 is 5.97 Å². The molecule has 0 unspecified atom stereocenters. The van der Waals surface area contributed by atoms with Crippen molar-refractivity contribution < 1.29 is 24.2 Å². The second-order valence-corrected chi connectivity index (χ2v) is 10.5. The lowest BCUT2D eigenvalue weighted by atomic mass is 9.49. The summed E-state index contributed by atoms with van der Waals surface area (Å²) in [5, 5.41) is 10.1. The van der Waals surface area contributed by atoms with Crippen molar-refractivity contribution in [3.05, 3.63) is 23.3 Å². The summed E-state index contributed by atoms with van der Waals surface area (Å²) in [5.74, 6) is 0.369. The third-order valence-electron chi connectivity index (χ3n) is 8.83. The van der Waals surface area contributed by atoms with Gasteiger partial charge in [0.25, 0.3) is 0 Å². The molecule has 164 valence electrons. The third-order valence-corrected chi connectivity index (χ3v) is 8.83. The molecule has 5 nitrogen and oxygen atoms in total. The molecule has 7 atom stereocenters. The van der Waals surface area contributed by atoms with Crippen molar-refractivity contribution in [2.24, 2.45) is 40.4 Å². The number of esters is 1. The first-order chi connectivity index (χ1) is 14.1. The minimum atomic E-state index is -0.449. The molecule has 0 amide bonds. The quantitative estimate of drug-likeness (QED) is 0.561. The zero-order valence-corrected chi connectivity index (χ0v) is 18.6. The average Bonchev–Trinajstić information content (AvgIpc) is 3.00. The molecule has 1 N–H and O–H groups in total. The molecule has 4 rings (SSSR count). The minimum absolute atomic E-state index is 0.0168. The van der Waals surface area contributed by atoms with Crippen LogP contribution in [0.3, 0.4) is 0 Å². The topological polar surface area (TPSA) is 80.7 Å². The van der Waals surface area contributed by atoms with Gasteiger partial charge in [0.15, 0.2) is 11.6 Å². The summed E-state index contributed by atoms with van der Waals surface area (Å²) < 4.78 is 5.03. The van der Waals surface area contributed by atoms with E-state index in [4.69, 9.17) is 4.74 Å². The van der Waals surface area contributed by atoms with Crippen molar-refractivity contribution >= 4 is 17.5 Å². The maximum absolute atomic E-state index is 13.1. The first-order valence-corrected chi connectivity index (χ1v) is 11.3. The molecule has 0 aromatic rings. The van der Waals surface area contributed by atoms with Crippen molar-refractivity contribution in [3.8, 4) is 0 Å². The highest BCUT2D eigenvalue weighted by Crippen LogP contribution is 2.66. The fourth-order valence-electron chi connectivity index (χ4n) is 7.53. The van der Waals surface area contributed by atoms with Crippen LogP contribution in [0.4, 0.5) is 0 Å². The number of aliphatic hydroxyl groups is 1. The van der Waals surface area contributed by atoms with E-state index in [9.17, 15) is 19.5 Å². The molecule has 0 heterocycles. The maximum Gasteiger partial charge on any atom is 0.303 e. The second-order valence-electron chi connectivity index (χ2n) is 10.5. The molecule has 30 heavy (non-hydrogen) atoms. The first-order valence-electron chi connectivity index (χ1n) is 11.3. The Morgan fingerprint density at radius 3 is 2.63 bits per heavy atom. The van der Waals surface area contributed by atoms with Crippen LogP contribution in [0.1, 0.15) is 59.8 Å². The van der Waals surface area contributed by atoms with Gasteiger partial charge in [-0.1, -0.05) is 38.0 Å². The number of hydrogen-bond donors (Lipinski definition) is 1. The van der Waals surface area contributed by atoms with E-state index in [1.807, 2.05) is 6.08 Å². The van der Waals surface area contributed by atoms with Gasteiger partial charge in [0.05, 0.1) is 0 Å². The van der Waals surface area contributed by atoms with Gasteiger partial charge < -0.3 is 9.84 Å². The summed E-state index contributed by atoms with van der Waals surface area (Å²) in [6.07, 6.45) is 8.32. The van der Waals surface area contributed by atoms with Crippen LogP contribution < -0.4 is 0 Å². The minimum Gasteiger partial charge on any atom is -0.458 e. The van der Waals surface area contributed by atoms with Crippen LogP contribution >= 0.6 is 0 Å². The number of hydrogen-bond acceptors (Lipinski definition) is 5. The van der Waals surface area contributed by atoms with Gasteiger partial charge in [0, 0.05) is 31.3 Å². The Balaban J connectivity index is 1.70. The van der Waals surface area contributed by atoms with Crippen LogP contribution in [0.2, 0.25) is 0 Å². The third kappa shape index (κ3) is 3.12. The highest BCUT2D eigenvalue weighted by Gasteiger charge is 2.61. The molecule has 4 aliphatic rings. The number of allylic oxidation sites excluding steroid dienone is 4.